The second-order valence-electron chi connectivity index (χ2n) is 7.19. The number of benzene rings is 2. The van der Waals surface area contributed by atoms with Gasteiger partial charge in [-0.3, -0.25) is 14.5 Å². The van der Waals surface area contributed by atoms with E-state index in [2.05, 4.69) is 5.32 Å². The molecule has 2 aromatic carbocycles. The van der Waals surface area contributed by atoms with Crippen molar-refractivity contribution in [1.82, 2.24) is 9.80 Å². The van der Waals surface area contributed by atoms with Crippen molar-refractivity contribution >= 4 is 17.5 Å². The molecule has 0 saturated carbocycles. The monoisotopic (exact) mass is 411 g/mol. The largest absolute Gasteiger partial charge is 0.493 e. The second-order valence-corrected chi connectivity index (χ2v) is 7.19. The Morgan fingerprint density at radius 2 is 1.77 bits per heavy atom. The fourth-order valence-corrected chi connectivity index (χ4v) is 3.61. The summed E-state index contributed by atoms with van der Waals surface area (Å²) in [4.78, 5) is 29.1. The van der Waals surface area contributed by atoms with Crippen LogP contribution in [0.15, 0.2) is 42.5 Å². The number of fused-ring (bicyclic) bond motifs is 1. The van der Waals surface area contributed by atoms with E-state index in [0.29, 0.717) is 68.7 Å². The first-order chi connectivity index (χ1) is 14.6. The van der Waals surface area contributed by atoms with Crippen LogP contribution in [-0.4, -0.2) is 74.7 Å². The SMILES string of the molecule is COc1cc(C(=O)N2CCN(CC(=O)Nc3ccccc3)CC2)cc2c1OCCO2. The van der Waals surface area contributed by atoms with Gasteiger partial charge in [-0.2, -0.15) is 0 Å². The summed E-state index contributed by atoms with van der Waals surface area (Å²) in [5, 5.41) is 2.89. The number of carbonyl (C=O) groups is 2. The van der Waals surface area contributed by atoms with Crippen molar-refractivity contribution in [2.24, 2.45) is 0 Å². The quantitative estimate of drug-likeness (QED) is 0.809. The van der Waals surface area contributed by atoms with Crippen molar-refractivity contribution in [2.45, 2.75) is 0 Å². The molecule has 2 aromatic rings. The molecule has 1 N–H and O–H groups in total. The van der Waals surface area contributed by atoms with Gasteiger partial charge >= 0.3 is 0 Å². The van der Waals surface area contributed by atoms with E-state index in [1.54, 1.807) is 24.1 Å². The minimum Gasteiger partial charge on any atom is -0.493 e. The Balaban J connectivity index is 1.34. The fraction of sp³-hybridized carbons (Fsp3) is 0.364. The third-order valence-electron chi connectivity index (χ3n) is 5.16. The number of nitrogens with one attached hydrogen (secondary N) is 1. The minimum atomic E-state index is -0.0846. The van der Waals surface area contributed by atoms with Crippen molar-refractivity contribution in [1.29, 1.82) is 0 Å². The van der Waals surface area contributed by atoms with Gasteiger partial charge in [0, 0.05) is 37.4 Å². The minimum absolute atomic E-state index is 0.0578. The van der Waals surface area contributed by atoms with E-state index in [0.717, 1.165) is 5.69 Å². The average Bonchev–Trinajstić information content (AvgIpc) is 2.79. The zero-order valence-corrected chi connectivity index (χ0v) is 16.9. The third-order valence-corrected chi connectivity index (χ3v) is 5.16. The van der Waals surface area contributed by atoms with Gasteiger partial charge < -0.3 is 24.4 Å². The van der Waals surface area contributed by atoms with Crippen LogP contribution in [0.25, 0.3) is 0 Å². The van der Waals surface area contributed by atoms with Crippen LogP contribution in [0.4, 0.5) is 5.69 Å². The number of nitrogens with zero attached hydrogens (tertiary/aromatic N) is 2. The highest BCUT2D eigenvalue weighted by Gasteiger charge is 2.26. The molecule has 158 valence electrons. The summed E-state index contributed by atoms with van der Waals surface area (Å²) in [6, 6.07) is 12.8. The Kier molecular flexibility index (Phi) is 6.04. The zero-order valence-electron chi connectivity index (χ0n) is 16.9. The number of anilines is 1. The van der Waals surface area contributed by atoms with Gasteiger partial charge in [-0.1, -0.05) is 18.2 Å². The molecule has 2 aliphatic heterocycles. The topological polar surface area (TPSA) is 80.3 Å². The predicted molar refractivity (Wildman–Crippen MR) is 111 cm³/mol. The third kappa shape index (κ3) is 4.49. The first-order valence-corrected chi connectivity index (χ1v) is 9.98. The molecule has 30 heavy (non-hydrogen) atoms. The van der Waals surface area contributed by atoms with Crippen LogP contribution in [-0.2, 0) is 4.79 Å². The summed E-state index contributed by atoms with van der Waals surface area (Å²) in [5.74, 6) is 1.41. The van der Waals surface area contributed by atoms with Gasteiger partial charge in [0.05, 0.1) is 13.7 Å². The molecular weight excluding hydrogens is 386 g/mol. The number of methoxy groups -OCH3 is 1. The van der Waals surface area contributed by atoms with Crippen molar-refractivity contribution in [2.75, 3.05) is 58.4 Å². The van der Waals surface area contributed by atoms with Gasteiger partial charge in [0.1, 0.15) is 13.2 Å². The normalized spacial score (nSPS) is 16.1. The number of carbonyl (C=O) groups excluding carboxylic acids is 2. The van der Waals surface area contributed by atoms with Crippen LogP contribution in [0.3, 0.4) is 0 Å². The Morgan fingerprint density at radius 3 is 2.50 bits per heavy atom. The van der Waals surface area contributed by atoms with E-state index in [9.17, 15) is 9.59 Å². The summed E-state index contributed by atoms with van der Waals surface area (Å²) < 4.78 is 16.6. The lowest BCUT2D eigenvalue weighted by molar-refractivity contribution is -0.117. The van der Waals surface area contributed by atoms with Gasteiger partial charge in [0.25, 0.3) is 5.91 Å². The van der Waals surface area contributed by atoms with E-state index in [-0.39, 0.29) is 11.8 Å². The predicted octanol–water partition coefficient (Wildman–Crippen LogP) is 1.86. The van der Waals surface area contributed by atoms with Crippen LogP contribution in [0.2, 0.25) is 0 Å². The second kappa shape index (κ2) is 9.04. The van der Waals surface area contributed by atoms with Crippen LogP contribution in [0, 0.1) is 0 Å². The van der Waals surface area contributed by atoms with Gasteiger partial charge in [-0.15, -0.1) is 0 Å². The molecule has 4 rings (SSSR count). The van der Waals surface area contributed by atoms with Crippen LogP contribution in [0.1, 0.15) is 10.4 Å². The highest BCUT2D eigenvalue weighted by Crippen LogP contribution is 2.40. The Bertz CT molecular complexity index is 893. The van der Waals surface area contributed by atoms with Crippen LogP contribution >= 0.6 is 0 Å². The van der Waals surface area contributed by atoms with Crippen LogP contribution < -0.4 is 19.5 Å². The van der Waals surface area contributed by atoms with Crippen LogP contribution in [0.5, 0.6) is 17.2 Å². The number of amides is 2. The molecule has 2 aliphatic rings. The Labute approximate surface area is 175 Å². The zero-order chi connectivity index (χ0) is 20.9. The molecule has 0 aliphatic carbocycles. The molecule has 0 radical (unpaired) electrons. The molecule has 0 aromatic heterocycles. The van der Waals surface area contributed by atoms with Crippen molar-refractivity contribution in [3.63, 3.8) is 0 Å². The Hall–Kier alpha value is -3.26. The average molecular weight is 411 g/mol. The van der Waals surface area contributed by atoms with Crippen molar-refractivity contribution in [3.05, 3.63) is 48.0 Å². The lowest BCUT2D eigenvalue weighted by Crippen LogP contribution is -2.50. The van der Waals surface area contributed by atoms with Crippen molar-refractivity contribution in [3.8, 4) is 17.2 Å². The molecule has 8 nitrogen and oxygen atoms in total. The first kappa shape index (κ1) is 20.0. The highest BCUT2D eigenvalue weighted by molar-refractivity contribution is 5.96. The summed E-state index contributed by atoms with van der Waals surface area (Å²) in [6.07, 6.45) is 0. The molecule has 0 spiro atoms. The number of para-hydroxylation sites is 1. The van der Waals surface area contributed by atoms with E-state index in [4.69, 9.17) is 14.2 Å². The summed E-state index contributed by atoms with van der Waals surface area (Å²) >= 11 is 0. The molecule has 1 fully saturated rings. The highest BCUT2D eigenvalue weighted by atomic mass is 16.6. The van der Waals surface area contributed by atoms with Gasteiger partial charge in [0.15, 0.2) is 11.5 Å². The van der Waals surface area contributed by atoms with Gasteiger partial charge in [0.2, 0.25) is 11.7 Å². The molecule has 1 saturated heterocycles. The van der Waals surface area contributed by atoms with E-state index >= 15 is 0 Å². The van der Waals surface area contributed by atoms with E-state index in [1.807, 2.05) is 35.2 Å². The lowest BCUT2D eigenvalue weighted by atomic mass is 10.1. The fourth-order valence-electron chi connectivity index (χ4n) is 3.61. The maximum absolute atomic E-state index is 13.0. The van der Waals surface area contributed by atoms with E-state index < -0.39 is 0 Å². The number of hydrogen-bond donors (Lipinski definition) is 1. The van der Waals surface area contributed by atoms with Gasteiger partial charge in [-0.25, -0.2) is 0 Å². The number of hydrogen-bond acceptors (Lipinski definition) is 6. The number of rotatable bonds is 5. The number of ether oxygens (including phenoxy) is 3. The van der Waals surface area contributed by atoms with Crippen molar-refractivity contribution < 1.29 is 23.8 Å². The molecule has 0 bridgehead atoms. The molecule has 2 amide bonds. The molecule has 2 heterocycles. The first-order valence-electron chi connectivity index (χ1n) is 9.98. The maximum atomic E-state index is 13.0. The standard InChI is InChI=1S/C22H25N3O5/c1-28-18-13-16(14-19-21(18)30-12-11-29-19)22(27)25-9-7-24(8-10-25)15-20(26)23-17-5-3-2-4-6-17/h2-6,13-14H,7-12,15H2,1H3,(H,23,26). The lowest BCUT2D eigenvalue weighted by Gasteiger charge is -2.34. The van der Waals surface area contributed by atoms with E-state index in [1.165, 1.54) is 0 Å². The molecule has 0 atom stereocenters. The smallest absolute Gasteiger partial charge is 0.254 e. The molecule has 8 heteroatoms. The maximum Gasteiger partial charge on any atom is 0.254 e. The molecule has 0 unspecified atom stereocenters. The summed E-state index contributed by atoms with van der Waals surface area (Å²) in [7, 11) is 1.54. The summed E-state index contributed by atoms with van der Waals surface area (Å²) in [5.41, 5.74) is 1.29. The van der Waals surface area contributed by atoms with Gasteiger partial charge in [-0.05, 0) is 24.3 Å². The number of piperazine rings is 1. The Morgan fingerprint density at radius 1 is 1.03 bits per heavy atom. The summed E-state index contributed by atoms with van der Waals surface area (Å²) in [6.45, 7) is 3.57. The molecular formula is C22H25N3O5.